The van der Waals surface area contributed by atoms with E-state index in [1.807, 2.05) is 17.0 Å². The van der Waals surface area contributed by atoms with Gasteiger partial charge in [0.15, 0.2) is 0 Å². The molecule has 2 amide bonds. The highest BCUT2D eigenvalue weighted by atomic mass is 16.5. The summed E-state index contributed by atoms with van der Waals surface area (Å²) in [6.45, 7) is 3.14. The molecule has 1 unspecified atom stereocenters. The molecule has 6 nitrogen and oxygen atoms in total. The molecule has 1 saturated carbocycles. The Balaban J connectivity index is 1.50. The molecule has 1 aliphatic carbocycles. The van der Waals surface area contributed by atoms with Crippen LogP contribution in [0.4, 0.5) is 5.69 Å². The number of fused-ring (bicyclic) bond motifs is 1. The minimum atomic E-state index is 0.0179. The molecule has 1 aromatic carbocycles. The van der Waals surface area contributed by atoms with Crippen LogP contribution in [0.25, 0.3) is 0 Å². The summed E-state index contributed by atoms with van der Waals surface area (Å²) in [5.41, 5.74) is 2.08. The number of carbonyl (C=O) groups is 2. The number of ether oxygens (including phenoxy) is 1. The third kappa shape index (κ3) is 7.73. The Kier molecular flexibility index (Phi) is 10.5. The van der Waals surface area contributed by atoms with E-state index in [0.29, 0.717) is 32.4 Å². The van der Waals surface area contributed by atoms with Crippen molar-refractivity contribution in [3.8, 4) is 5.75 Å². The van der Waals surface area contributed by atoms with Crippen LogP contribution in [0.1, 0.15) is 102 Å². The lowest BCUT2D eigenvalue weighted by Gasteiger charge is -2.34. The molecule has 0 bridgehead atoms. The fourth-order valence-electron chi connectivity index (χ4n) is 5.26. The highest BCUT2D eigenvalue weighted by Crippen LogP contribution is 2.38. The second-order valence-electron chi connectivity index (χ2n) is 9.60. The minimum Gasteiger partial charge on any atom is -0.494 e. The smallest absolute Gasteiger partial charge is 0.224 e. The van der Waals surface area contributed by atoms with Crippen molar-refractivity contribution in [3.05, 3.63) is 23.8 Å². The van der Waals surface area contributed by atoms with Crippen LogP contribution in [-0.2, 0) is 9.59 Å². The molecule has 33 heavy (non-hydrogen) atoms. The molecule has 184 valence electrons. The van der Waals surface area contributed by atoms with Crippen molar-refractivity contribution in [2.45, 2.75) is 102 Å². The highest BCUT2D eigenvalue weighted by molar-refractivity contribution is 5.94. The Hall–Kier alpha value is -2.08. The first-order valence-corrected chi connectivity index (χ1v) is 13.1. The average molecular weight is 459 g/mol. The first-order valence-electron chi connectivity index (χ1n) is 13.1. The maximum absolute atomic E-state index is 12.8. The second-order valence-corrected chi connectivity index (χ2v) is 9.60. The van der Waals surface area contributed by atoms with E-state index in [9.17, 15) is 14.7 Å². The number of rotatable bonds is 13. The lowest BCUT2D eigenvalue weighted by molar-refractivity contribution is -0.135. The summed E-state index contributed by atoms with van der Waals surface area (Å²) in [6.07, 6.45) is 13.1. The zero-order chi connectivity index (χ0) is 23.5. The summed E-state index contributed by atoms with van der Waals surface area (Å²) < 4.78 is 5.99. The van der Waals surface area contributed by atoms with Crippen LogP contribution in [0.2, 0.25) is 0 Å². The summed E-state index contributed by atoms with van der Waals surface area (Å²) in [5, 5.41) is 12.4. The second kappa shape index (κ2) is 13.6. The minimum absolute atomic E-state index is 0.0179. The molecule has 1 atom stereocenters. The molecular weight excluding hydrogens is 416 g/mol. The number of carbonyl (C=O) groups excluding carboxylic acids is 2. The number of unbranched alkanes of at least 4 members (excludes halogenated alkanes) is 3. The Morgan fingerprint density at radius 2 is 1.97 bits per heavy atom. The molecule has 2 N–H and O–H groups in total. The SMILES string of the molecule is CCCCCCC1CC(=O)Nc2ccc(OCCCC(=O)N(CCO)C3CCCCC3)cc21. The van der Waals surface area contributed by atoms with E-state index in [2.05, 4.69) is 18.3 Å². The summed E-state index contributed by atoms with van der Waals surface area (Å²) in [6, 6.07) is 6.20. The lowest BCUT2D eigenvalue weighted by Crippen LogP contribution is -2.43. The zero-order valence-corrected chi connectivity index (χ0v) is 20.3. The first-order chi connectivity index (χ1) is 16.1. The first kappa shape index (κ1) is 25.5. The van der Waals surface area contributed by atoms with Gasteiger partial charge in [-0.1, -0.05) is 51.9 Å². The fourth-order valence-corrected chi connectivity index (χ4v) is 5.26. The van der Waals surface area contributed by atoms with Crippen molar-refractivity contribution in [1.29, 1.82) is 0 Å². The number of nitrogens with one attached hydrogen (secondary N) is 1. The van der Waals surface area contributed by atoms with Gasteiger partial charge >= 0.3 is 0 Å². The number of aliphatic hydroxyl groups excluding tert-OH is 1. The maximum atomic E-state index is 12.8. The molecule has 2 aliphatic rings. The normalized spacial score (nSPS) is 18.5. The van der Waals surface area contributed by atoms with Gasteiger partial charge in [0.25, 0.3) is 0 Å². The molecule has 1 aromatic rings. The van der Waals surface area contributed by atoms with Gasteiger partial charge in [-0.15, -0.1) is 0 Å². The number of nitrogens with zero attached hydrogens (tertiary/aromatic N) is 1. The largest absolute Gasteiger partial charge is 0.494 e. The van der Waals surface area contributed by atoms with Gasteiger partial charge in [-0.25, -0.2) is 0 Å². The Morgan fingerprint density at radius 3 is 2.73 bits per heavy atom. The van der Waals surface area contributed by atoms with Gasteiger partial charge in [0, 0.05) is 31.1 Å². The third-order valence-electron chi connectivity index (χ3n) is 7.06. The summed E-state index contributed by atoms with van der Waals surface area (Å²) in [4.78, 5) is 26.8. The summed E-state index contributed by atoms with van der Waals surface area (Å²) in [5.74, 6) is 1.27. The predicted molar refractivity (Wildman–Crippen MR) is 132 cm³/mol. The number of benzene rings is 1. The number of hydrogen-bond acceptors (Lipinski definition) is 4. The lowest BCUT2D eigenvalue weighted by atomic mass is 9.86. The van der Waals surface area contributed by atoms with Crippen LogP contribution in [0.3, 0.4) is 0 Å². The monoisotopic (exact) mass is 458 g/mol. The molecule has 0 aromatic heterocycles. The van der Waals surface area contributed by atoms with Crippen molar-refractivity contribution < 1.29 is 19.4 Å². The molecule has 6 heteroatoms. The zero-order valence-electron chi connectivity index (χ0n) is 20.3. The van der Waals surface area contributed by atoms with Gasteiger partial charge in [0.2, 0.25) is 11.8 Å². The maximum Gasteiger partial charge on any atom is 0.224 e. The number of amides is 2. The molecule has 1 heterocycles. The molecule has 0 saturated heterocycles. The standard InChI is InChI=1S/C27H42N2O4/c1-2-3-4-6-10-21-19-26(31)28-25-15-14-23(20-24(21)25)33-18-9-13-27(32)29(16-17-30)22-11-7-5-8-12-22/h14-15,20-22,30H,2-13,16-19H2,1H3,(H,28,31). The van der Waals surface area contributed by atoms with E-state index in [4.69, 9.17) is 4.74 Å². The van der Waals surface area contributed by atoms with Gasteiger partial charge in [-0.2, -0.15) is 0 Å². The van der Waals surface area contributed by atoms with Crippen LogP contribution in [0.5, 0.6) is 5.75 Å². The highest BCUT2D eigenvalue weighted by Gasteiger charge is 2.26. The van der Waals surface area contributed by atoms with Crippen molar-refractivity contribution in [3.63, 3.8) is 0 Å². The van der Waals surface area contributed by atoms with Gasteiger partial charge in [0.05, 0.1) is 13.2 Å². The van der Waals surface area contributed by atoms with Crippen LogP contribution < -0.4 is 10.1 Å². The van der Waals surface area contributed by atoms with E-state index in [1.54, 1.807) is 0 Å². The van der Waals surface area contributed by atoms with E-state index < -0.39 is 0 Å². The van der Waals surface area contributed by atoms with Gasteiger partial charge in [-0.3, -0.25) is 9.59 Å². The summed E-state index contributed by atoms with van der Waals surface area (Å²) in [7, 11) is 0. The third-order valence-corrected chi connectivity index (χ3v) is 7.06. The van der Waals surface area contributed by atoms with Crippen LogP contribution in [0, 0.1) is 0 Å². The van der Waals surface area contributed by atoms with E-state index in [0.717, 1.165) is 37.1 Å². The molecule has 1 fully saturated rings. The van der Waals surface area contributed by atoms with E-state index >= 15 is 0 Å². The van der Waals surface area contributed by atoms with Gasteiger partial charge in [-0.05, 0) is 55.4 Å². The van der Waals surface area contributed by atoms with Gasteiger partial charge in [0.1, 0.15) is 5.75 Å². The topological polar surface area (TPSA) is 78.9 Å². The van der Waals surface area contributed by atoms with Crippen LogP contribution in [0.15, 0.2) is 18.2 Å². The quantitative estimate of drug-likeness (QED) is 0.388. The van der Waals surface area contributed by atoms with Gasteiger partial charge < -0.3 is 20.1 Å². The predicted octanol–water partition coefficient (Wildman–Crippen LogP) is 5.40. The van der Waals surface area contributed by atoms with E-state index in [1.165, 1.54) is 44.1 Å². The number of aliphatic hydroxyl groups is 1. The van der Waals surface area contributed by atoms with Crippen molar-refractivity contribution in [2.75, 3.05) is 25.1 Å². The molecule has 0 spiro atoms. The van der Waals surface area contributed by atoms with E-state index in [-0.39, 0.29) is 30.4 Å². The van der Waals surface area contributed by atoms with Crippen LogP contribution in [-0.4, -0.2) is 47.6 Å². The Bertz CT molecular complexity index is 760. The summed E-state index contributed by atoms with van der Waals surface area (Å²) >= 11 is 0. The van der Waals surface area contributed by atoms with Crippen LogP contribution >= 0.6 is 0 Å². The molecule has 1 aliphatic heterocycles. The van der Waals surface area contributed by atoms with Crippen molar-refractivity contribution >= 4 is 17.5 Å². The fraction of sp³-hybridized carbons (Fsp3) is 0.704. The molecular formula is C27H42N2O4. The van der Waals surface area contributed by atoms with Crippen molar-refractivity contribution in [1.82, 2.24) is 4.90 Å². The Labute approximate surface area is 199 Å². The average Bonchev–Trinajstić information content (AvgIpc) is 2.83. The molecule has 3 rings (SSSR count). The Morgan fingerprint density at radius 1 is 1.15 bits per heavy atom. The number of hydrogen-bond donors (Lipinski definition) is 2. The van der Waals surface area contributed by atoms with Crippen molar-refractivity contribution in [2.24, 2.45) is 0 Å². The number of anilines is 1. The molecule has 0 radical (unpaired) electrons.